The molecule has 320 valence electrons. The largest absolute Gasteiger partial charge is 0.0798 e. The summed E-state index contributed by atoms with van der Waals surface area (Å²) in [7, 11) is 0. The highest BCUT2D eigenvalue weighted by Gasteiger charge is 2.19. The molecule has 0 amide bonds. The molecule has 0 heteroatoms. The van der Waals surface area contributed by atoms with E-state index in [1.165, 1.54) is 77.9 Å². The molecular formula is C60H80. The molecule has 0 saturated carbocycles. The van der Waals surface area contributed by atoms with Gasteiger partial charge in [0.25, 0.3) is 0 Å². The summed E-state index contributed by atoms with van der Waals surface area (Å²) in [6, 6.07) is 45.8. The van der Waals surface area contributed by atoms with Crippen molar-refractivity contribution in [1.29, 1.82) is 0 Å². The van der Waals surface area contributed by atoms with Crippen LogP contribution in [0.15, 0.2) is 146 Å². The highest BCUT2D eigenvalue weighted by molar-refractivity contribution is 5.93. The molecule has 0 N–H and O–H groups in total. The average Bonchev–Trinajstić information content (AvgIpc) is 3.26. The second-order valence-corrected chi connectivity index (χ2v) is 17.4. The lowest BCUT2D eigenvalue weighted by Gasteiger charge is -2.24. The first-order valence-corrected chi connectivity index (χ1v) is 22.4. The molecule has 0 aliphatic rings. The Morgan fingerprint density at radius 1 is 0.467 bits per heavy atom. The van der Waals surface area contributed by atoms with Crippen molar-refractivity contribution in [3.05, 3.63) is 201 Å². The molecule has 0 unspecified atom stereocenters. The minimum Gasteiger partial charge on any atom is -0.0798 e. The van der Waals surface area contributed by atoms with Gasteiger partial charge in [-0.1, -0.05) is 232 Å². The molecule has 5 aromatic carbocycles. The van der Waals surface area contributed by atoms with Gasteiger partial charge < -0.3 is 0 Å². The van der Waals surface area contributed by atoms with E-state index in [0.717, 1.165) is 6.42 Å². The number of hydrogen-bond acceptors (Lipinski definition) is 0. The first kappa shape index (κ1) is 51.2. The van der Waals surface area contributed by atoms with Crippen molar-refractivity contribution in [2.24, 2.45) is 0 Å². The molecule has 0 bridgehead atoms. The molecule has 0 saturated heterocycles. The summed E-state index contributed by atoms with van der Waals surface area (Å²) in [5.74, 6) is 0.987. The van der Waals surface area contributed by atoms with Gasteiger partial charge in [-0.2, -0.15) is 0 Å². The zero-order valence-corrected chi connectivity index (χ0v) is 39.7. The zero-order valence-electron chi connectivity index (χ0n) is 39.7. The van der Waals surface area contributed by atoms with Crippen LogP contribution in [0, 0.1) is 0 Å². The van der Waals surface area contributed by atoms with Crippen LogP contribution in [0.4, 0.5) is 0 Å². The maximum Gasteiger partial charge on any atom is -0.0105 e. The van der Waals surface area contributed by atoms with Gasteiger partial charge in [-0.3, -0.25) is 0 Å². The fraction of sp³-hybridized carbons (Fsp3) is 0.367. The first-order chi connectivity index (χ1) is 28.1. The van der Waals surface area contributed by atoms with Crippen LogP contribution in [0.3, 0.4) is 0 Å². The third kappa shape index (κ3) is 13.3. The van der Waals surface area contributed by atoms with Crippen molar-refractivity contribution in [2.75, 3.05) is 0 Å². The predicted molar refractivity (Wildman–Crippen MR) is 273 cm³/mol. The van der Waals surface area contributed by atoms with E-state index < -0.39 is 0 Å². The van der Waals surface area contributed by atoms with E-state index in [4.69, 9.17) is 0 Å². The first-order valence-electron chi connectivity index (χ1n) is 22.4. The van der Waals surface area contributed by atoms with Crippen LogP contribution >= 0.6 is 0 Å². The van der Waals surface area contributed by atoms with Crippen LogP contribution in [0.25, 0.3) is 22.3 Å². The quantitative estimate of drug-likeness (QED) is 0.110. The normalized spacial score (nSPS) is 12.6. The Kier molecular flexibility index (Phi) is 20.3. The Hall–Kier alpha value is -4.94. The zero-order chi connectivity index (χ0) is 43.9. The molecule has 0 aliphatic heterocycles. The molecule has 5 rings (SSSR count). The summed E-state index contributed by atoms with van der Waals surface area (Å²) >= 11 is 0. The third-order valence-electron chi connectivity index (χ3n) is 11.5. The van der Waals surface area contributed by atoms with Gasteiger partial charge in [0.1, 0.15) is 0 Å². The van der Waals surface area contributed by atoms with Crippen LogP contribution in [-0.2, 0) is 10.8 Å². The molecule has 5 aromatic rings. The molecule has 0 spiro atoms. The summed E-state index contributed by atoms with van der Waals surface area (Å²) in [6.07, 6.45) is 10.4. The highest BCUT2D eigenvalue weighted by atomic mass is 14.2. The van der Waals surface area contributed by atoms with Gasteiger partial charge in [-0.05, 0) is 139 Å². The van der Waals surface area contributed by atoms with E-state index >= 15 is 0 Å². The maximum absolute atomic E-state index is 2.38. The molecule has 0 heterocycles. The van der Waals surface area contributed by atoms with E-state index in [-0.39, 0.29) is 18.3 Å². The van der Waals surface area contributed by atoms with Crippen molar-refractivity contribution in [1.82, 2.24) is 0 Å². The molecule has 60 heavy (non-hydrogen) atoms. The van der Waals surface area contributed by atoms with E-state index in [0.29, 0.717) is 11.8 Å². The maximum atomic E-state index is 2.38. The molecule has 0 nitrogen and oxygen atoms in total. The van der Waals surface area contributed by atoms with Crippen molar-refractivity contribution in [2.45, 2.75) is 147 Å². The average molecular weight is 801 g/mol. The Bertz CT molecular complexity index is 2150. The minimum absolute atomic E-state index is 0. The summed E-state index contributed by atoms with van der Waals surface area (Å²) in [4.78, 5) is 0. The number of rotatable bonds is 12. The lowest BCUT2D eigenvalue weighted by Crippen LogP contribution is -2.15. The highest BCUT2D eigenvalue weighted by Crippen LogP contribution is 2.36. The topological polar surface area (TPSA) is 0 Å². The van der Waals surface area contributed by atoms with E-state index in [2.05, 4.69) is 229 Å². The van der Waals surface area contributed by atoms with Gasteiger partial charge in [-0.15, -0.1) is 0 Å². The summed E-state index contributed by atoms with van der Waals surface area (Å²) in [5, 5.41) is 0. The molecule has 0 fully saturated rings. The van der Waals surface area contributed by atoms with Gasteiger partial charge in [0.05, 0.1) is 0 Å². The van der Waals surface area contributed by atoms with Crippen molar-refractivity contribution in [3.8, 4) is 0 Å². The van der Waals surface area contributed by atoms with Gasteiger partial charge in [-0.25, -0.2) is 0 Å². The van der Waals surface area contributed by atoms with Crippen LogP contribution < -0.4 is 0 Å². The smallest absolute Gasteiger partial charge is 0.0105 e. The summed E-state index contributed by atoms with van der Waals surface area (Å²) < 4.78 is 0. The van der Waals surface area contributed by atoms with Crippen LogP contribution in [-0.4, -0.2) is 0 Å². The molecule has 0 aromatic heterocycles. The Labute approximate surface area is 369 Å². The molecule has 0 aliphatic carbocycles. The third-order valence-corrected chi connectivity index (χ3v) is 11.5. The molecule has 0 radical (unpaired) electrons. The fourth-order valence-corrected chi connectivity index (χ4v) is 7.07. The minimum atomic E-state index is 0. The second kappa shape index (κ2) is 23.7. The van der Waals surface area contributed by atoms with Crippen LogP contribution in [0.5, 0.6) is 0 Å². The number of benzene rings is 5. The fourth-order valence-electron chi connectivity index (χ4n) is 7.07. The van der Waals surface area contributed by atoms with Gasteiger partial charge in [0.15, 0.2) is 0 Å². The standard InChI is InChI=1S/C55H64.2C2H6.CH4/c1-13-40(44-23-19-42(20-24-44)38(4)5)36-53(47-29-33-51(34-30-47)55(11,12)15-3)49-18-16-17-48(35-49)41(14-2)37-52(45-25-21-43(22-26-45)39(6)7)46-27-31-50(32-28-46)54(8,9)10;2*1-2;/h13-14,16-39H,15H2,1-12H3;2*1-2H3;1H4/b40-13+,41-14+,52-37+,53-36+;;;. The molecule has 0 atom stereocenters. The summed E-state index contributed by atoms with van der Waals surface area (Å²) in [5.41, 5.74) is 17.8. The van der Waals surface area contributed by atoms with Crippen molar-refractivity contribution in [3.63, 3.8) is 0 Å². The lowest BCUT2D eigenvalue weighted by atomic mass is 9.81. The van der Waals surface area contributed by atoms with E-state index in [9.17, 15) is 0 Å². The van der Waals surface area contributed by atoms with E-state index in [1.807, 2.05) is 27.7 Å². The predicted octanol–water partition coefficient (Wildman–Crippen LogP) is 18.7. The Morgan fingerprint density at radius 3 is 1.20 bits per heavy atom. The monoisotopic (exact) mass is 801 g/mol. The Balaban J connectivity index is 0.00000241. The van der Waals surface area contributed by atoms with Crippen molar-refractivity contribution < 1.29 is 0 Å². The van der Waals surface area contributed by atoms with Gasteiger partial charge in [0, 0.05) is 0 Å². The SMILES string of the molecule is C.C/C=C(\C=C(/c1ccc(C(C)(C)CC)cc1)c1cccc(C(=C/C)/C=C(\c2ccc(C(C)C)cc2)c2ccc(C(C)(C)C)cc2)c1)c1ccc(C(C)C)cc1.CC.CC. The van der Waals surface area contributed by atoms with E-state index in [1.54, 1.807) is 0 Å². The van der Waals surface area contributed by atoms with Gasteiger partial charge >= 0.3 is 0 Å². The molecular weight excluding hydrogens is 721 g/mol. The van der Waals surface area contributed by atoms with Crippen LogP contribution in [0.1, 0.15) is 192 Å². The van der Waals surface area contributed by atoms with Crippen LogP contribution in [0.2, 0.25) is 0 Å². The number of hydrogen-bond donors (Lipinski definition) is 0. The summed E-state index contributed by atoms with van der Waals surface area (Å²) in [6.45, 7) is 35.1. The van der Waals surface area contributed by atoms with Gasteiger partial charge in [0.2, 0.25) is 0 Å². The second-order valence-electron chi connectivity index (χ2n) is 17.4. The number of allylic oxidation sites excluding steroid dienone is 6. The lowest BCUT2D eigenvalue weighted by molar-refractivity contribution is 0.506. The van der Waals surface area contributed by atoms with Crippen molar-refractivity contribution >= 4 is 22.3 Å². The Morgan fingerprint density at radius 2 is 0.817 bits per heavy atom.